The maximum atomic E-state index is 6.11. The molecule has 0 spiro atoms. The second-order valence-corrected chi connectivity index (χ2v) is 9.48. The van der Waals surface area contributed by atoms with Gasteiger partial charge >= 0.3 is 0 Å². The predicted octanol–water partition coefficient (Wildman–Crippen LogP) is 5.11. The molecule has 0 unspecified atom stereocenters. The van der Waals surface area contributed by atoms with Gasteiger partial charge in [0.05, 0.1) is 19.9 Å². The van der Waals surface area contributed by atoms with Gasteiger partial charge in [0.2, 0.25) is 5.95 Å². The average Bonchev–Trinajstić information content (AvgIpc) is 3.27. The Morgan fingerprint density at radius 1 is 1.08 bits per heavy atom. The van der Waals surface area contributed by atoms with E-state index in [2.05, 4.69) is 44.8 Å². The highest BCUT2D eigenvalue weighted by Gasteiger charge is 2.17. The van der Waals surface area contributed by atoms with Gasteiger partial charge in [-0.15, -0.1) is 0 Å². The van der Waals surface area contributed by atoms with Crippen LogP contribution in [0, 0.1) is 0 Å². The van der Waals surface area contributed by atoms with E-state index >= 15 is 0 Å². The highest BCUT2D eigenvalue weighted by Crippen LogP contribution is 2.30. The first-order valence-electron chi connectivity index (χ1n) is 13.0. The number of hydrogen-bond donors (Lipinski definition) is 3. The van der Waals surface area contributed by atoms with Gasteiger partial charge in [0.25, 0.3) is 0 Å². The molecule has 1 fully saturated rings. The minimum absolute atomic E-state index is 0.229. The number of hydrogen-bond acceptors (Lipinski definition) is 8. The second kappa shape index (κ2) is 11.5. The molecule has 0 amide bonds. The van der Waals surface area contributed by atoms with Crippen LogP contribution in [0.5, 0.6) is 17.2 Å². The molecule has 2 aromatic carbocycles. The molecule has 2 heterocycles. The quantitative estimate of drug-likeness (QED) is 0.230. The molecule has 0 saturated heterocycles. The number of unbranched alkanes of at least 4 members (excludes halogenated alkanes) is 1. The van der Waals surface area contributed by atoms with E-state index in [9.17, 15) is 0 Å². The van der Waals surface area contributed by atoms with E-state index < -0.39 is 0 Å². The van der Waals surface area contributed by atoms with Crippen molar-refractivity contribution in [3.63, 3.8) is 0 Å². The van der Waals surface area contributed by atoms with Crippen molar-refractivity contribution in [3.8, 4) is 17.2 Å². The number of rotatable bonds is 12. The average molecular weight is 502 g/mol. The molecule has 0 atom stereocenters. The fourth-order valence-corrected chi connectivity index (χ4v) is 4.41. The summed E-state index contributed by atoms with van der Waals surface area (Å²) < 4.78 is 13.7. The Hall–Kier alpha value is -3.85. The topological polar surface area (TPSA) is 112 Å². The molecule has 194 valence electrons. The van der Waals surface area contributed by atoms with Crippen molar-refractivity contribution in [2.24, 2.45) is 0 Å². The third-order valence-electron chi connectivity index (χ3n) is 6.77. The monoisotopic (exact) mass is 501 g/mol. The summed E-state index contributed by atoms with van der Waals surface area (Å²) in [5.74, 6) is 3.15. The van der Waals surface area contributed by atoms with Crippen molar-refractivity contribution in [2.45, 2.75) is 58.2 Å². The molecule has 4 aromatic rings. The Bertz CT molecular complexity index is 1330. The molecule has 37 heavy (non-hydrogen) atoms. The lowest BCUT2D eigenvalue weighted by Crippen LogP contribution is -2.34. The Kier molecular flexibility index (Phi) is 7.70. The van der Waals surface area contributed by atoms with E-state index in [1.807, 2.05) is 35.0 Å². The van der Waals surface area contributed by atoms with Gasteiger partial charge < -0.3 is 25.8 Å². The summed E-state index contributed by atoms with van der Waals surface area (Å²) in [6.07, 6.45) is 7.75. The molecule has 0 aliphatic heterocycles. The lowest BCUT2D eigenvalue weighted by molar-refractivity contribution is 0.338. The van der Waals surface area contributed by atoms with E-state index in [4.69, 9.17) is 15.2 Å². The van der Waals surface area contributed by atoms with Crippen LogP contribution in [0.15, 0.2) is 48.7 Å². The third kappa shape index (κ3) is 5.94. The molecule has 4 N–H and O–H groups in total. The fourth-order valence-electron chi connectivity index (χ4n) is 4.41. The van der Waals surface area contributed by atoms with Crippen LogP contribution < -0.4 is 25.8 Å². The predicted molar refractivity (Wildman–Crippen MR) is 146 cm³/mol. The van der Waals surface area contributed by atoms with Crippen molar-refractivity contribution in [3.05, 3.63) is 59.8 Å². The molecule has 1 saturated carbocycles. The molecule has 0 radical (unpaired) electrons. The van der Waals surface area contributed by atoms with E-state index in [1.54, 1.807) is 13.3 Å². The first-order valence-corrected chi connectivity index (χ1v) is 13.0. The number of aromatic nitrogens is 4. The van der Waals surface area contributed by atoms with Gasteiger partial charge in [-0.1, -0.05) is 31.9 Å². The van der Waals surface area contributed by atoms with E-state index in [-0.39, 0.29) is 5.95 Å². The van der Waals surface area contributed by atoms with Crippen molar-refractivity contribution in [1.29, 1.82) is 0 Å². The van der Waals surface area contributed by atoms with Gasteiger partial charge in [-0.25, -0.2) is 4.98 Å². The van der Waals surface area contributed by atoms with Crippen LogP contribution >= 0.6 is 0 Å². The molecule has 9 heteroatoms. The van der Waals surface area contributed by atoms with Gasteiger partial charge in [-0.05, 0) is 49.1 Å². The number of anilines is 2. The summed E-state index contributed by atoms with van der Waals surface area (Å²) in [6.45, 7) is 4.34. The number of ether oxygens (including phenoxy) is 2. The van der Waals surface area contributed by atoms with Crippen LogP contribution in [-0.2, 0) is 13.1 Å². The number of nitrogens with two attached hydrogens (primary N) is 1. The molecular weight excluding hydrogens is 466 g/mol. The number of nitrogens with zero attached hydrogens (tertiary/aromatic N) is 4. The van der Waals surface area contributed by atoms with Gasteiger partial charge in [0, 0.05) is 30.8 Å². The molecule has 1 aliphatic carbocycles. The molecule has 5 rings (SSSR count). The first kappa shape index (κ1) is 24.8. The summed E-state index contributed by atoms with van der Waals surface area (Å²) >= 11 is 0. The largest absolute Gasteiger partial charge is 0.496 e. The molecule has 1 aliphatic rings. The SMILES string of the molecule is CCCCNc1nc(N)nc2cnn(Cc3ccc(Oc4ccc(CNC5CCC5)cc4)cc3OC)c12. The second-order valence-electron chi connectivity index (χ2n) is 9.48. The fraction of sp³-hybridized carbons (Fsp3) is 0.393. The van der Waals surface area contributed by atoms with E-state index in [0.717, 1.165) is 48.5 Å². The molecular formula is C28H35N7O2. The summed E-state index contributed by atoms with van der Waals surface area (Å²) in [5, 5.41) is 11.5. The molecule has 2 aromatic heterocycles. The lowest BCUT2D eigenvalue weighted by Gasteiger charge is -2.26. The Labute approximate surface area is 217 Å². The molecule has 9 nitrogen and oxygen atoms in total. The maximum Gasteiger partial charge on any atom is 0.222 e. The van der Waals surface area contributed by atoms with Crippen LogP contribution in [0.1, 0.15) is 50.2 Å². The van der Waals surface area contributed by atoms with Crippen LogP contribution in [-0.4, -0.2) is 39.4 Å². The van der Waals surface area contributed by atoms with Gasteiger partial charge in [0.15, 0.2) is 5.82 Å². The summed E-state index contributed by atoms with van der Waals surface area (Å²) in [6, 6.07) is 14.8. The normalized spacial score (nSPS) is 13.5. The maximum absolute atomic E-state index is 6.11. The van der Waals surface area contributed by atoms with Crippen LogP contribution in [0.25, 0.3) is 11.0 Å². The molecule has 0 bridgehead atoms. The Morgan fingerprint density at radius 3 is 2.62 bits per heavy atom. The number of benzene rings is 2. The minimum atomic E-state index is 0.229. The van der Waals surface area contributed by atoms with Crippen LogP contribution in [0.3, 0.4) is 0 Å². The smallest absolute Gasteiger partial charge is 0.222 e. The van der Waals surface area contributed by atoms with Crippen molar-refractivity contribution < 1.29 is 9.47 Å². The van der Waals surface area contributed by atoms with Gasteiger partial charge in [-0.3, -0.25) is 4.68 Å². The van der Waals surface area contributed by atoms with Crippen LogP contribution in [0.2, 0.25) is 0 Å². The summed E-state index contributed by atoms with van der Waals surface area (Å²) in [4.78, 5) is 8.78. The van der Waals surface area contributed by atoms with E-state index in [0.29, 0.717) is 29.7 Å². The van der Waals surface area contributed by atoms with Crippen molar-refractivity contribution in [2.75, 3.05) is 24.7 Å². The summed E-state index contributed by atoms with van der Waals surface area (Å²) in [5.41, 5.74) is 9.67. The number of nitrogens with one attached hydrogen (secondary N) is 2. The van der Waals surface area contributed by atoms with Crippen molar-refractivity contribution >= 4 is 22.8 Å². The Morgan fingerprint density at radius 2 is 1.89 bits per heavy atom. The zero-order valence-electron chi connectivity index (χ0n) is 21.5. The van der Waals surface area contributed by atoms with E-state index in [1.165, 1.54) is 24.8 Å². The number of nitrogen functional groups attached to an aromatic ring is 1. The highest BCUT2D eigenvalue weighted by atomic mass is 16.5. The zero-order chi connectivity index (χ0) is 25.6. The summed E-state index contributed by atoms with van der Waals surface area (Å²) in [7, 11) is 1.66. The Balaban J connectivity index is 1.30. The standard InChI is InChI=1S/C28H35N7O2/c1-3-4-14-30-27-26-24(33-28(29)34-27)17-32-35(26)18-20-10-13-23(15-25(20)36-2)37-22-11-8-19(9-12-22)16-31-21-6-5-7-21/h8-13,15,17,21,31H,3-7,14,16,18H2,1-2H3,(H3,29,30,33,34). The first-order chi connectivity index (χ1) is 18.1. The van der Waals surface area contributed by atoms with Gasteiger partial charge in [-0.2, -0.15) is 10.1 Å². The van der Waals surface area contributed by atoms with Crippen molar-refractivity contribution in [1.82, 2.24) is 25.1 Å². The lowest BCUT2D eigenvalue weighted by atomic mass is 9.93. The van der Waals surface area contributed by atoms with Gasteiger partial charge in [0.1, 0.15) is 28.3 Å². The number of methoxy groups -OCH3 is 1. The minimum Gasteiger partial charge on any atom is -0.496 e. The number of fused-ring (bicyclic) bond motifs is 1. The zero-order valence-corrected chi connectivity index (χ0v) is 21.5. The van der Waals surface area contributed by atoms with Crippen LogP contribution in [0.4, 0.5) is 11.8 Å². The third-order valence-corrected chi connectivity index (χ3v) is 6.77. The highest BCUT2D eigenvalue weighted by molar-refractivity contribution is 5.86.